The van der Waals surface area contributed by atoms with Crippen LogP contribution < -0.4 is 26.6 Å². The molecule has 1 aromatic carbocycles. The van der Waals surface area contributed by atoms with Crippen LogP contribution in [0.15, 0.2) is 27.8 Å². The van der Waals surface area contributed by atoms with Gasteiger partial charge in [-0.2, -0.15) is 0 Å². The number of aromatic nitrogens is 2. The number of aromatic amines is 2. The Morgan fingerprint density at radius 3 is 2.54 bits per heavy atom. The molecule has 1 heterocycles. The van der Waals surface area contributed by atoms with Gasteiger partial charge in [0.15, 0.2) is 0 Å². The smallest absolute Gasteiger partial charge is 0.262 e. The molecule has 1 fully saturated rings. The Kier molecular flexibility index (Phi) is 7.53. The van der Waals surface area contributed by atoms with Gasteiger partial charge in [0.2, 0.25) is 0 Å². The quantitative estimate of drug-likeness (QED) is 0.459. The molecule has 6 heteroatoms. The van der Waals surface area contributed by atoms with E-state index in [2.05, 4.69) is 39.1 Å². The molecule has 3 rings (SSSR count). The van der Waals surface area contributed by atoms with Gasteiger partial charge in [0.05, 0.1) is 6.61 Å². The van der Waals surface area contributed by atoms with Gasteiger partial charge in [-0.1, -0.05) is 45.1 Å². The van der Waals surface area contributed by atoms with Crippen LogP contribution in [0.5, 0.6) is 5.75 Å². The minimum absolute atomic E-state index is 0.0524. The number of rotatable bonds is 7. The first-order chi connectivity index (χ1) is 13.5. The lowest BCUT2D eigenvalue weighted by Gasteiger charge is -2.21. The lowest BCUT2D eigenvalue weighted by atomic mass is 9.86. The van der Waals surface area contributed by atoms with E-state index in [1.165, 1.54) is 44.9 Å². The van der Waals surface area contributed by atoms with Gasteiger partial charge in [-0.15, -0.1) is 0 Å². The van der Waals surface area contributed by atoms with Crippen molar-refractivity contribution in [2.75, 3.05) is 6.61 Å². The molecule has 0 radical (unpaired) electrons. The molecule has 0 aliphatic heterocycles. The Balaban J connectivity index is 1.68. The number of H-pyrrole nitrogens is 2. The summed E-state index contributed by atoms with van der Waals surface area (Å²) in [5.41, 5.74) is 0.0216. The Labute approximate surface area is 178 Å². The maximum atomic E-state index is 12.1. The summed E-state index contributed by atoms with van der Waals surface area (Å²) in [6, 6.07) is 5.77. The first kappa shape index (κ1) is 20.9. The Morgan fingerprint density at radius 2 is 1.82 bits per heavy atom. The van der Waals surface area contributed by atoms with Crippen molar-refractivity contribution in [2.45, 2.75) is 51.4 Å². The third kappa shape index (κ3) is 5.83. The van der Waals surface area contributed by atoms with E-state index in [1.54, 1.807) is 6.08 Å². The highest BCUT2D eigenvalue weighted by Gasteiger charge is 2.12. The first-order valence-electron chi connectivity index (χ1n) is 9.98. The second-order valence-corrected chi connectivity index (χ2v) is 8.72. The summed E-state index contributed by atoms with van der Waals surface area (Å²) in [5.74, 6) is 1.58. The highest BCUT2D eigenvalue weighted by molar-refractivity contribution is 14.1. The SMILES string of the molecule is C=c1[nH]c(=O)c(=Cc2cc(I)ccc2OCCCCC2CCCCC2)c(=O)[nH]1. The summed E-state index contributed by atoms with van der Waals surface area (Å²) in [4.78, 5) is 29.3. The highest BCUT2D eigenvalue weighted by Crippen LogP contribution is 2.28. The number of hydrogen-bond donors (Lipinski definition) is 2. The van der Waals surface area contributed by atoms with Crippen molar-refractivity contribution in [3.63, 3.8) is 0 Å². The highest BCUT2D eigenvalue weighted by atomic mass is 127. The largest absolute Gasteiger partial charge is 0.493 e. The van der Waals surface area contributed by atoms with Gasteiger partial charge in [-0.25, -0.2) is 0 Å². The van der Waals surface area contributed by atoms with Crippen molar-refractivity contribution < 1.29 is 4.74 Å². The van der Waals surface area contributed by atoms with Crippen molar-refractivity contribution >= 4 is 35.2 Å². The molecule has 5 nitrogen and oxygen atoms in total. The third-order valence-electron chi connectivity index (χ3n) is 5.28. The summed E-state index contributed by atoms with van der Waals surface area (Å²) in [6.45, 7) is 4.20. The molecule has 28 heavy (non-hydrogen) atoms. The summed E-state index contributed by atoms with van der Waals surface area (Å²) in [5, 5.41) is 0.0524. The van der Waals surface area contributed by atoms with E-state index in [0.29, 0.717) is 12.4 Å². The molecule has 0 bridgehead atoms. The fourth-order valence-corrected chi connectivity index (χ4v) is 4.30. The number of unbranched alkanes of at least 4 members (excludes halogenated alkanes) is 1. The van der Waals surface area contributed by atoms with Crippen LogP contribution in [0.4, 0.5) is 0 Å². The molecule has 1 aliphatic rings. The second-order valence-electron chi connectivity index (χ2n) is 7.48. The van der Waals surface area contributed by atoms with Gasteiger partial charge in [0.1, 0.15) is 16.4 Å². The van der Waals surface area contributed by atoms with Gasteiger partial charge in [-0.3, -0.25) is 9.59 Å². The molecule has 1 aromatic heterocycles. The number of benzene rings is 1. The third-order valence-corrected chi connectivity index (χ3v) is 5.95. The van der Waals surface area contributed by atoms with Crippen molar-refractivity contribution in [3.8, 4) is 5.75 Å². The number of halogens is 1. The van der Waals surface area contributed by atoms with E-state index in [0.717, 1.165) is 21.5 Å². The van der Waals surface area contributed by atoms with Gasteiger partial charge in [0, 0.05) is 9.13 Å². The zero-order valence-electron chi connectivity index (χ0n) is 16.1. The summed E-state index contributed by atoms with van der Waals surface area (Å²) < 4.78 is 7.00. The predicted octanol–water partition coefficient (Wildman–Crippen LogP) is 3.04. The predicted molar refractivity (Wildman–Crippen MR) is 121 cm³/mol. The van der Waals surface area contributed by atoms with E-state index < -0.39 is 11.1 Å². The van der Waals surface area contributed by atoms with Gasteiger partial charge < -0.3 is 14.7 Å². The molecule has 150 valence electrons. The molecule has 0 amide bonds. The summed E-state index contributed by atoms with van der Waals surface area (Å²) in [7, 11) is 0. The molecular formula is C22H27IN2O3. The van der Waals surface area contributed by atoms with E-state index in [1.807, 2.05) is 18.2 Å². The van der Waals surface area contributed by atoms with Crippen molar-refractivity contribution in [1.29, 1.82) is 0 Å². The maximum absolute atomic E-state index is 12.1. The molecule has 0 saturated heterocycles. The Bertz CT molecular complexity index is 982. The summed E-state index contributed by atoms with van der Waals surface area (Å²) >= 11 is 2.21. The normalized spacial score (nSPS) is 14.8. The second kappa shape index (κ2) is 10.1. The first-order valence-corrected chi connectivity index (χ1v) is 11.1. The maximum Gasteiger partial charge on any atom is 0.262 e. The van der Waals surface area contributed by atoms with Crippen LogP contribution in [0, 0.1) is 9.49 Å². The van der Waals surface area contributed by atoms with Crippen LogP contribution in [0.25, 0.3) is 12.7 Å². The number of hydrogen-bond acceptors (Lipinski definition) is 3. The molecule has 0 atom stereocenters. The molecule has 0 spiro atoms. The van der Waals surface area contributed by atoms with Crippen molar-refractivity contribution in [3.05, 3.63) is 58.7 Å². The summed E-state index contributed by atoms with van der Waals surface area (Å²) in [6.07, 6.45) is 12.0. The Hall–Kier alpha value is -1.83. The van der Waals surface area contributed by atoms with Gasteiger partial charge in [0.25, 0.3) is 11.1 Å². The molecular weight excluding hydrogens is 467 g/mol. The minimum Gasteiger partial charge on any atom is -0.493 e. The molecule has 2 N–H and O–H groups in total. The van der Waals surface area contributed by atoms with Crippen LogP contribution in [-0.2, 0) is 0 Å². The van der Waals surface area contributed by atoms with E-state index in [4.69, 9.17) is 4.74 Å². The lowest BCUT2D eigenvalue weighted by molar-refractivity contribution is 0.283. The average molecular weight is 494 g/mol. The van der Waals surface area contributed by atoms with Crippen molar-refractivity contribution in [1.82, 2.24) is 9.97 Å². The van der Waals surface area contributed by atoms with Crippen LogP contribution in [-0.4, -0.2) is 16.6 Å². The van der Waals surface area contributed by atoms with E-state index in [9.17, 15) is 9.59 Å². The molecule has 1 aliphatic carbocycles. The van der Waals surface area contributed by atoms with Crippen LogP contribution in [0.1, 0.15) is 56.9 Å². The van der Waals surface area contributed by atoms with Crippen LogP contribution in [0.3, 0.4) is 0 Å². The number of ether oxygens (including phenoxy) is 1. The zero-order chi connectivity index (χ0) is 19.9. The van der Waals surface area contributed by atoms with Crippen molar-refractivity contribution in [2.24, 2.45) is 5.92 Å². The minimum atomic E-state index is -0.453. The molecule has 0 unspecified atom stereocenters. The topological polar surface area (TPSA) is 75.0 Å². The lowest BCUT2D eigenvalue weighted by Crippen LogP contribution is -2.47. The van der Waals surface area contributed by atoms with Crippen LogP contribution in [0.2, 0.25) is 0 Å². The number of nitrogens with one attached hydrogen (secondary N) is 2. The molecule has 2 aromatic rings. The van der Waals surface area contributed by atoms with E-state index >= 15 is 0 Å². The monoisotopic (exact) mass is 494 g/mol. The Morgan fingerprint density at radius 1 is 1.11 bits per heavy atom. The van der Waals surface area contributed by atoms with Gasteiger partial charge in [-0.05, 0) is 65.6 Å². The molecule has 1 saturated carbocycles. The fourth-order valence-electron chi connectivity index (χ4n) is 3.79. The van der Waals surface area contributed by atoms with Crippen LogP contribution >= 0.6 is 22.6 Å². The standard InChI is InChI=1S/C22H27IN2O3/c1-15-24-21(26)19(22(27)25-15)14-17-13-18(23)10-11-20(17)28-12-6-5-9-16-7-3-2-4-8-16/h10-11,13-14,16H,1-9,12H2,(H,24,26)(H,25,27). The van der Waals surface area contributed by atoms with E-state index in [-0.39, 0.29) is 10.7 Å². The van der Waals surface area contributed by atoms with Gasteiger partial charge >= 0.3 is 0 Å². The zero-order valence-corrected chi connectivity index (χ0v) is 18.2. The average Bonchev–Trinajstić information content (AvgIpc) is 2.66. The fraction of sp³-hybridized carbons (Fsp3) is 0.455.